The Balaban J connectivity index is 1.74. The molecule has 5 heteroatoms. The summed E-state index contributed by atoms with van der Waals surface area (Å²) < 4.78 is 0. The second-order valence-electron chi connectivity index (χ2n) is 7.19. The number of halogens is 1. The molecule has 3 rings (SSSR count). The predicted molar refractivity (Wildman–Crippen MR) is 109 cm³/mol. The van der Waals surface area contributed by atoms with Crippen molar-refractivity contribution in [1.82, 2.24) is 4.90 Å². The minimum Gasteiger partial charge on any atom is -0.396 e. The Hall–Kier alpha value is -1.72. The highest BCUT2D eigenvalue weighted by Crippen LogP contribution is 2.35. The molecule has 0 spiro atoms. The number of carbonyl (C=O) groups excluding carboxylic acids is 1. The van der Waals surface area contributed by atoms with Gasteiger partial charge in [-0.15, -0.1) is 0 Å². The second kappa shape index (κ2) is 9.47. The minimum atomic E-state index is -0.565. The highest BCUT2D eigenvalue weighted by atomic mass is 35.5. The standard InChI is InChI=1S/C22H27ClN2O2/c23-19-7-5-18(6-8-19)22(21(24)15-27)25-12-9-17(10-13-25)20-4-2-1-3-16(20)11-14-26/h1-8,15,17,21-22,26H,9-14,24H2/t21-,22?/m0/s1. The summed E-state index contributed by atoms with van der Waals surface area (Å²) in [4.78, 5) is 13.7. The molecule has 1 aliphatic heterocycles. The van der Waals surface area contributed by atoms with Crippen LogP contribution in [0.2, 0.25) is 5.02 Å². The number of hydrogen-bond acceptors (Lipinski definition) is 4. The van der Waals surface area contributed by atoms with Crippen LogP contribution in [0.15, 0.2) is 48.5 Å². The average molecular weight is 387 g/mol. The van der Waals surface area contributed by atoms with Gasteiger partial charge in [0, 0.05) is 11.6 Å². The third-order valence-corrected chi connectivity index (χ3v) is 5.78. The van der Waals surface area contributed by atoms with Crippen molar-refractivity contribution in [3.8, 4) is 0 Å². The van der Waals surface area contributed by atoms with Gasteiger partial charge >= 0.3 is 0 Å². The topological polar surface area (TPSA) is 66.6 Å². The number of aliphatic hydroxyl groups is 1. The summed E-state index contributed by atoms with van der Waals surface area (Å²) in [6.45, 7) is 1.93. The van der Waals surface area contributed by atoms with Gasteiger partial charge in [-0.2, -0.15) is 0 Å². The van der Waals surface area contributed by atoms with E-state index in [1.807, 2.05) is 30.3 Å². The van der Waals surface area contributed by atoms with Crippen molar-refractivity contribution in [2.24, 2.45) is 5.73 Å². The number of carbonyl (C=O) groups is 1. The largest absolute Gasteiger partial charge is 0.396 e. The van der Waals surface area contributed by atoms with Crippen LogP contribution >= 0.6 is 11.6 Å². The lowest BCUT2D eigenvalue weighted by Gasteiger charge is -2.39. The first-order valence-electron chi connectivity index (χ1n) is 9.53. The van der Waals surface area contributed by atoms with E-state index < -0.39 is 6.04 Å². The molecule has 0 radical (unpaired) electrons. The number of benzene rings is 2. The fourth-order valence-electron chi connectivity index (χ4n) is 4.18. The maximum Gasteiger partial charge on any atom is 0.138 e. The summed E-state index contributed by atoms with van der Waals surface area (Å²) in [5.41, 5.74) is 9.76. The van der Waals surface area contributed by atoms with Crippen molar-refractivity contribution in [2.75, 3.05) is 19.7 Å². The fraction of sp³-hybridized carbons (Fsp3) is 0.409. The van der Waals surface area contributed by atoms with Crippen LogP contribution in [0.25, 0.3) is 0 Å². The van der Waals surface area contributed by atoms with E-state index in [-0.39, 0.29) is 12.6 Å². The van der Waals surface area contributed by atoms with E-state index in [2.05, 4.69) is 23.1 Å². The van der Waals surface area contributed by atoms with Gasteiger partial charge in [-0.05, 0) is 67.1 Å². The quantitative estimate of drug-likeness (QED) is 0.716. The van der Waals surface area contributed by atoms with Gasteiger partial charge in [-0.25, -0.2) is 0 Å². The molecule has 2 aromatic carbocycles. The van der Waals surface area contributed by atoms with Crippen molar-refractivity contribution < 1.29 is 9.90 Å². The Morgan fingerprint density at radius 1 is 1.15 bits per heavy atom. The van der Waals surface area contributed by atoms with E-state index in [1.54, 1.807) is 0 Å². The molecule has 144 valence electrons. The molecule has 0 aromatic heterocycles. The van der Waals surface area contributed by atoms with Crippen molar-refractivity contribution in [3.05, 3.63) is 70.2 Å². The monoisotopic (exact) mass is 386 g/mol. The molecule has 0 aliphatic carbocycles. The number of likely N-dealkylation sites (tertiary alicyclic amines) is 1. The van der Waals surface area contributed by atoms with Gasteiger partial charge in [0.15, 0.2) is 0 Å². The van der Waals surface area contributed by atoms with E-state index >= 15 is 0 Å². The van der Waals surface area contributed by atoms with Gasteiger partial charge in [0.05, 0.1) is 12.1 Å². The van der Waals surface area contributed by atoms with Gasteiger partial charge in [0.2, 0.25) is 0 Å². The van der Waals surface area contributed by atoms with Crippen molar-refractivity contribution in [2.45, 2.75) is 37.3 Å². The van der Waals surface area contributed by atoms with Gasteiger partial charge in [-0.1, -0.05) is 48.0 Å². The highest BCUT2D eigenvalue weighted by molar-refractivity contribution is 6.30. The van der Waals surface area contributed by atoms with Gasteiger partial charge in [0.1, 0.15) is 6.29 Å². The number of nitrogens with two attached hydrogens (primary N) is 1. The Bertz CT molecular complexity index is 742. The highest BCUT2D eigenvalue weighted by Gasteiger charge is 2.31. The summed E-state index contributed by atoms with van der Waals surface area (Å²) in [6.07, 6.45) is 3.55. The maximum atomic E-state index is 11.4. The van der Waals surface area contributed by atoms with Crippen LogP contribution in [0.3, 0.4) is 0 Å². The molecule has 2 atom stereocenters. The Labute approximate surface area is 165 Å². The van der Waals surface area contributed by atoms with Crippen LogP contribution in [-0.4, -0.2) is 42.0 Å². The summed E-state index contributed by atoms with van der Waals surface area (Å²) in [5.74, 6) is 0.474. The molecule has 3 N–H and O–H groups in total. The Kier molecular flexibility index (Phi) is 7.02. The van der Waals surface area contributed by atoms with Crippen molar-refractivity contribution >= 4 is 17.9 Å². The maximum absolute atomic E-state index is 11.4. The van der Waals surface area contributed by atoms with Crippen LogP contribution in [0, 0.1) is 0 Å². The average Bonchev–Trinajstić information content (AvgIpc) is 2.71. The van der Waals surface area contributed by atoms with Crippen LogP contribution in [-0.2, 0) is 11.2 Å². The lowest BCUT2D eigenvalue weighted by Crippen LogP contribution is -2.45. The first-order chi connectivity index (χ1) is 13.1. The molecular formula is C22H27ClN2O2. The second-order valence-corrected chi connectivity index (χ2v) is 7.63. The van der Waals surface area contributed by atoms with E-state index in [9.17, 15) is 9.90 Å². The van der Waals surface area contributed by atoms with Gasteiger partial charge in [0.25, 0.3) is 0 Å². The molecule has 1 fully saturated rings. The first kappa shape index (κ1) is 20.0. The molecule has 1 aliphatic rings. The van der Waals surface area contributed by atoms with Crippen LogP contribution in [0.1, 0.15) is 41.5 Å². The third kappa shape index (κ3) is 4.77. The SMILES string of the molecule is N[C@@H](C=O)C(c1ccc(Cl)cc1)N1CCC(c2ccccc2CCO)CC1. The Morgan fingerprint density at radius 3 is 2.44 bits per heavy atom. The Morgan fingerprint density at radius 2 is 1.81 bits per heavy atom. The third-order valence-electron chi connectivity index (χ3n) is 5.53. The van der Waals surface area contributed by atoms with E-state index in [0.29, 0.717) is 17.4 Å². The summed E-state index contributed by atoms with van der Waals surface area (Å²) in [5, 5.41) is 10.0. The molecule has 0 amide bonds. The zero-order valence-electron chi connectivity index (χ0n) is 15.4. The van der Waals surface area contributed by atoms with Crippen LogP contribution < -0.4 is 5.73 Å². The number of hydrogen-bond donors (Lipinski definition) is 2. The molecule has 27 heavy (non-hydrogen) atoms. The van der Waals surface area contributed by atoms with Crippen LogP contribution in [0.5, 0.6) is 0 Å². The normalized spacial score (nSPS) is 18.2. The zero-order chi connectivity index (χ0) is 19.2. The molecule has 0 bridgehead atoms. The van der Waals surface area contributed by atoms with E-state index in [0.717, 1.165) is 37.8 Å². The fourth-order valence-corrected chi connectivity index (χ4v) is 4.31. The smallest absolute Gasteiger partial charge is 0.138 e. The van der Waals surface area contributed by atoms with Crippen LogP contribution in [0.4, 0.5) is 0 Å². The minimum absolute atomic E-state index is 0.131. The number of rotatable bonds is 7. The van der Waals surface area contributed by atoms with Gasteiger partial charge < -0.3 is 15.6 Å². The molecule has 1 heterocycles. The van der Waals surface area contributed by atoms with Gasteiger partial charge in [-0.3, -0.25) is 4.90 Å². The van der Waals surface area contributed by atoms with E-state index in [1.165, 1.54) is 11.1 Å². The molecular weight excluding hydrogens is 360 g/mol. The first-order valence-corrected chi connectivity index (χ1v) is 9.91. The lowest BCUT2D eigenvalue weighted by molar-refractivity contribution is -0.110. The number of aldehydes is 1. The number of piperidine rings is 1. The summed E-state index contributed by atoms with van der Waals surface area (Å²) in [6, 6.07) is 15.3. The summed E-state index contributed by atoms with van der Waals surface area (Å²) >= 11 is 6.01. The van der Waals surface area contributed by atoms with Crippen molar-refractivity contribution in [3.63, 3.8) is 0 Å². The molecule has 4 nitrogen and oxygen atoms in total. The lowest BCUT2D eigenvalue weighted by atomic mass is 9.84. The molecule has 0 saturated carbocycles. The summed E-state index contributed by atoms with van der Waals surface area (Å²) in [7, 11) is 0. The number of nitrogens with zero attached hydrogens (tertiary/aromatic N) is 1. The molecule has 2 aromatic rings. The zero-order valence-corrected chi connectivity index (χ0v) is 16.2. The molecule has 1 unspecified atom stereocenters. The van der Waals surface area contributed by atoms with E-state index in [4.69, 9.17) is 17.3 Å². The van der Waals surface area contributed by atoms with Crippen molar-refractivity contribution in [1.29, 1.82) is 0 Å². The predicted octanol–water partition coefficient (Wildman–Crippen LogP) is 3.32. The number of aliphatic hydroxyl groups excluding tert-OH is 1. The molecule has 1 saturated heterocycles.